The summed E-state index contributed by atoms with van der Waals surface area (Å²) in [5, 5.41) is 9.19. The average Bonchev–Trinajstić information content (AvgIpc) is 3.28. The van der Waals surface area contributed by atoms with E-state index in [2.05, 4.69) is 10.3 Å². The lowest BCUT2D eigenvalue weighted by Crippen LogP contribution is -2.27. The van der Waals surface area contributed by atoms with E-state index >= 15 is 0 Å². The molecule has 10 heteroatoms. The van der Waals surface area contributed by atoms with E-state index in [0.717, 1.165) is 32.4 Å². The molecule has 0 unspecified atom stereocenters. The van der Waals surface area contributed by atoms with Gasteiger partial charge in [-0.25, -0.2) is 17.9 Å². The monoisotopic (exact) mass is 521 g/mol. The first-order chi connectivity index (χ1) is 17.3. The average molecular weight is 522 g/mol. The number of rotatable bonds is 7. The largest absolute Gasteiger partial charge is 0.382 e. The van der Waals surface area contributed by atoms with Gasteiger partial charge in [0.1, 0.15) is 14.9 Å². The van der Waals surface area contributed by atoms with E-state index in [0.29, 0.717) is 30.6 Å². The zero-order chi connectivity index (χ0) is 25.3. The number of nitrogens with one attached hydrogen (secondary N) is 1. The Morgan fingerprint density at radius 3 is 2.58 bits per heavy atom. The van der Waals surface area contributed by atoms with Crippen molar-refractivity contribution in [3.05, 3.63) is 71.9 Å². The van der Waals surface area contributed by atoms with Crippen molar-refractivity contribution in [3.63, 3.8) is 0 Å². The van der Waals surface area contributed by atoms with Crippen molar-refractivity contribution in [2.24, 2.45) is 11.7 Å². The van der Waals surface area contributed by atoms with Crippen LogP contribution in [0.15, 0.2) is 70.7 Å². The van der Waals surface area contributed by atoms with Crippen LogP contribution in [0, 0.1) is 12.8 Å². The number of nitrogens with zero attached hydrogens (tertiary/aromatic N) is 3. The zero-order valence-corrected chi connectivity index (χ0v) is 21.5. The third-order valence-corrected chi connectivity index (χ3v) is 9.09. The van der Waals surface area contributed by atoms with Gasteiger partial charge >= 0.3 is 0 Å². The minimum Gasteiger partial charge on any atom is -0.382 e. The molecule has 0 spiro atoms. The first-order valence-corrected chi connectivity index (χ1v) is 14.4. The third-order valence-electron chi connectivity index (χ3n) is 6.45. The van der Waals surface area contributed by atoms with Crippen molar-refractivity contribution < 1.29 is 13.2 Å². The van der Waals surface area contributed by atoms with Crippen LogP contribution in [0.5, 0.6) is 0 Å². The van der Waals surface area contributed by atoms with Gasteiger partial charge in [0.2, 0.25) is 5.91 Å². The van der Waals surface area contributed by atoms with Crippen molar-refractivity contribution in [2.75, 3.05) is 23.4 Å². The van der Waals surface area contributed by atoms with Crippen LogP contribution in [0.25, 0.3) is 16.9 Å². The highest BCUT2D eigenvalue weighted by Gasteiger charge is 2.24. The molecule has 2 aromatic carbocycles. The van der Waals surface area contributed by atoms with Gasteiger partial charge in [0, 0.05) is 22.6 Å². The minimum atomic E-state index is -2.90. The van der Waals surface area contributed by atoms with Gasteiger partial charge in [-0.1, -0.05) is 36.0 Å². The Hall–Kier alpha value is -3.37. The van der Waals surface area contributed by atoms with Crippen LogP contribution in [-0.2, 0) is 9.84 Å². The minimum absolute atomic E-state index is 0.244. The third kappa shape index (κ3) is 5.24. The molecule has 1 saturated heterocycles. The molecule has 3 N–H and O–H groups in total. The standard InChI is InChI=1S/C26H27N5O3S2/c1-17-13-19(7-8-21(17)25(27)32)23-16-29-26-22(28-15-18-9-11-36(33,34)12-10-18)14-24(30-31(23)26)35-20-5-3-2-4-6-20/h2-8,13-14,16,18,28H,9-12,15H2,1H3,(H2,27,32). The smallest absolute Gasteiger partial charge is 0.248 e. The molecule has 0 saturated carbocycles. The molecule has 8 nitrogen and oxygen atoms in total. The second-order valence-corrected chi connectivity index (χ2v) is 12.5. The summed E-state index contributed by atoms with van der Waals surface area (Å²) in [6.07, 6.45) is 3.09. The van der Waals surface area contributed by atoms with Gasteiger partial charge in [-0.2, -0.15) is 5.10 Å². The van der Waals surface area contributed by atoms with Crippen LogP contribution in [0.2, 0.25) is 0 Å². The first kappa shape index (κ1) is 24.3. The maximum absolute atomic E-state index is 11.8. The Labute approximate surface area is 214 Å². The molecular weight excluding hydrogens is 494 g/mol. The number of hydrogen-bond donors (Lipinski definition) is 2. The van der Waals surface area contributed by atoms with Crippen LogP contribution >= 0.6 is 11.8 Å². The summed E-state index contributed by atoms with van der Waals surface area (Å²) in [4.78, 5) is 17.4. The van der Waals surface area contributed by atoms with Crippen LogP contribution in [0.3, 0.4) is 0 Å². The van der Waals surface area contributed by atoms with Gasteiger partial charge in [0.25, 0.3) is 0 Å². The number of primary amides is 1. The molecule has 36 heavy (non-hydrogen) atoms. The van der Waals surface area contributed by atoms with E-state index < -0.39 is 15.7 Å². The maximum Gasteiger partial charge on any atom is 0.248 e. The summed E-state index contributed by atoms with van der Waals surface area (Å²) in [5.41, 5.74) is 9.95. The highest BCUT2D eigenvalue weighted by atomic mass is 32.2. The topological polar surface area (TPSA) is 119 Å². The summed E-state index contributed by atoms with van der Waals surface area (Å²) >= 11 is 1.55. The predicted molar refractivity (Wildman–Crippen MR) is 142 cm³/mol. The van der Waals surface area contributed by atoms with Crippen LogP contribution in [0.4, 0.5) is 5.69 Å². The van der Waals surface area contributed by atoms with E-state index in [1.807, 2.05) is 60.0 Å². The highest BCUT2D eigenvalue weighted by molar-refractivity contribution is 7.99. The van der Waals surface area contributed by atoms with Gasteiger partial charge in [-0.3, -0.25) is 4.79 Å². The lowest BCUT2D eigenvalue weighted by molar-refractivity contribution is 0.0999. The fourth-order valence-corrected chi connectivity index (χ4v) is 6.85. The van der Waals surface area contributed by atoms with E-state index in [1.165, 1.54) is 0 Å². The van der Waals surface area contributed by atoms with Gasteiger partial charge in [-0.15, -0.1) is 0 Å². The van der Waals surface area contributed by atoms with Crippen molar-refractivity contribution in [1.29, 1.82) is 0 Å². The van der Waals surface area contributed by atoms with Crippen molar-refractivity contribution >= 4 is 38.8 Å². The Balaban J connectivity index is 1.51. The van der Waals surface area contributed by atoms with Crippen LogP contribution in [0.1, 0.15) is 28.8 Å². The predicted octanol–water partition coefficient (Wildman–Crippen LogP) is 4.19. The lowest BCUT2D eigenvalue weighted by atomic mass is 10.0. The van der Waals surface area contributed by atoms with Crippen molar-refractivity contribution in [3.8, 4) is 11.3 Å². The second kappa shape index (κ2) is 9.94. The summed E-state index contributed by atoms with van der Waals surface area (Å²) in [5.74, 6) is 0.312. The molecule has 2 aromatic heterocycles. The first-order valence-electron chi connectivity index (χ1n) is 11.8. The Morgan fingerprint density at radius 2 is 1.89 bits per heavy atom. The van der Waals surface area contributed by atoms with Gasteiger partial charge in [0.05, 0.1) is 29.1 Å². The summed E-state index contributed by atoms with van der Waals surface area (Å²) < 4.78 is 25.4. The Bertz CT molecular complexity index is 1520. The highest BCUT2D eigenvalue weighted by Crippen LogP contribution is 2.32. The number of hydrogen-bond acceptors (Lipinski definition) is 7. The van der Waals surface area contributed by atoms with Gasteiger partial charge in [-0.05, 0) is 61.6 Å². The molecule has 3 heterocycles. The van der Waals surface area contributed by atoms with E-state index in [4.69, 9.17) is 10.8 Å². The van der Waals surface area contributed by atoms with Crippen LogP contribution < -0.4 is 11.1 Å². The van der Waals surface area contributed by atoms with Crippen molar-refractivity contribution in [2.45, 2.75) is 29.7 Å². The number of anilines is 1. The normalized spacial score (nSPS) is 15.7. The van der Waals surface area contributed by atoms with Gasteiger partial charge in [0.15, 0.2) is 5.65 Å². The molecule has 0 radical (unpaired) electrons. The number of benzene rings is 2. The summed E-state index contributed by atoms with van der Waals surface area (Å²) in [7, 11) is -2.90. The molecule has 1 aliphatic heterocycles. The molecule has 1 fully saturated rings. The molecule has 1 aliphatic rings. The summed E-state index contributed by atoms with van der Waals surface area (Å²) in [6.45, 7) is 2.52. The molecule has 5 rings (SSSR count). The number of nitrogens with two attached hydrogens (primary N) is 1. The second-order valence-electron chi connectivity index (χ2n) is 9.06. The molecule has 0 aliphatic carbocycles. The molecule has 186 valence electrons. The number of fused-ring (bicyclic) bond motifs is 1. The SMILES string of the molecule is Cc1cc(-c2cnc3c(NCC4CCS(=O)(=O)CC4)cc(Sc4ccccc4)nn23)ccc1C(N)=O. The number of imidazole rings is 1. The maximum atomic E-state index is 11.8. The molecule has 0 bridgehead atoms. The zero-order valence-electron chi connectivity index (χ0n) is 19.8. The lowest BCUT2D eigenvalue weighted by Gasteiger charge is -2.22. The number of aryl methyl sites for hydroxylation is 1. The number of carbonyl (C=O) groups is 1. The number of sulfone groups is 1. The molecular formula is C26H27N5O3S2. The quantitative estimate of drug-likeness (QED) is 0.374. The molecule has 4 aromatic rings. The summed E-state index contributed by atoms with van der Waals surface area (Å²) in [6, 6.07) is 17.5. The molecule has 0 atom stereocenters. The number of aromatic nitrogens is 3. The van der Waals surface area contributed by atoms with E-state index in [1.54, 1.807) is 24.0 Å². The number of carbonyl (C=O) groups excluding carboxylic acids is 1. The van der Waals surface area contributed by atoms with Crippen molar-refractivity contribution in [1.82, 2.24) is 14.6 Å². The Morgan fingerprint density at radius 1 is 1.14 bits per heavy atom. The Kier molecular flexibility index (Phi) is 6.72. The van der Waals surface area contributed by atoms with E-state index in [9.17, 15) is 13.2 Å². The van der Waals surface area contributed by atoms with Crippen LogP contribution in [-0.4, -0.2) is 47.0 Å². The fraction of sp³-hybridized carbons (Fsp3) is 0.269. The van der Waals surface area contributed by atoms with Gasteiger partial charge < -0.3 is 11.1 Å². The van der Waals surface area contributed by atoms with E-state index in [-0.39, 0.29) is 17.4 Å². The number of amides is 1. The molecule has 1 amide bonds. The fourth-order valence-electron chi connectivity index (χ4n) is 4.43.